The number of aliphatic hydroxyl groups excluding tert-OH is 1. The topological polar surface area (TPSA) is 23.5 Å². The molecule has 0 aromatic heterocycles. The Hall–Kier alpha value is -0.990. The molecule has 92 valence electrons. The van der Waals surface area contributed by atoms with Crippen molar-refractivity contribution < 1.29 is 5.11 Å². The predicted molar refractivity (Wildman–Crippen MR) is 72.7 cm³/mol. The van der Waals surface area contributed by atoms with Crippen LogP contribution in [0.25, 0.3) is 0 Å². The highest BCUT2D eigenvalue weighted by molar-refractivity contribution is 6.33. The number of hydrogen-bond acceptors (Lipinski definition) is 2. The minimum absolute atomic E-state index is 0.468. The van der Waals surface area contributed by atoms with E-state index in [-0.39, 0.29) is 0 Å². The van der Waals surface area contributed by atoms with Crippen molar-refractivity contribution in [2.75, 3.05) is 18.0 Å². The van der Waals surface area contributed by atoms with Crippen molar-refractivity contribution in [3.63, 3.8) is 0 Å². The first kappa shape index (κ1) is 12.5. The van der Waals surface area contributed by atoms with Gasteiger partial charge in [0.2, 0.25) is 0 Å². The van der Waals surface area contributed by atoms with Crippen molar-refractivity contribution in [2.24, 2.45) is 0 Å². The summed E-state index contributed by atoms with van der Waals surface area (Å²) in [6.07, 6.45) is 2.87. The molecule has 1 heterocycles. The summed E-state index contributed by atoms with van der Waals surface area (Å²) in [7, 11) is 0. The molecule has 1 aliphatic heterocycles. The van der Waals surface area contributed by atoms with Crippen LogP contribution in [0.1, 0.15) is 31.9 Å². The fourth-order valence-corrected chi connectivity index (χ4v) is 2.47. The van der Waals surface area contributed by atoms with Crippen molar-refractivity contribution in [2.45, 2.75) is 26.4 Å². The zero-order valence-corrected chi connectivity index (χ0v) is 11.0. The van der Waals surface area contributed by atoms with Gasteiger partial charge >= 0.3 is 0 Å². The number of nitrogens with zero attached hydrogens (tertiary/aromatic N) is 1. The molecule has 0 amide bonds. The van der Waals surface area contributed by atoms with E-state index in [9.17, 15) is 5.11 Å². The fraction of sp³-hybridized carbons (Fsp3) is 0.429. The summed E-state index contributed by atoms with van der Waals surface area (Å²) in [5, 5.41) is 10.2. The molecule has 0 aliphatic carbocycles. The molecular formula is C14H18ClNO. The lowest BCUT2D eigenvalue weighted by Gasteiger charge is -2.29. The van der Waals surface area contributed by atoms with Gasteiger partial charge in [0.25, 0.3) is 0 Å². The van der Waals surface area contributed by atoms with E-state index in [4.69, 9.17) is 11.6 Å². The van der Waals surface area contributed by atoms with E-state index in [1.165, 1.54) is 5.57 Å². The minimum atomic E-state index is -0.468. The van der Waals surface area contributed by atoms with E-state index < -0.39 is 6.10 Å². The first-order chi connectivity index (χ1) is 8.08. The lowest BCUT2D eigenvalue weighted by molar-refractivity contribution is 0.199. The SMILES string of the molecule is CC1=CCCN(c2ccc([C@H](C)O)cc2Cl)C1. The largest absolute Gasteiger partial charge is 0.389 e. The number of aliphatic hydroxyl groups is 1. The first-order valence-corrected chi connectivity index (χ1v) is 6.34. The van der Waals surface area contributed by atoms with E-state index in [2.05, 4.69) is 17.9 Å². The van der Waals surface area contributed by atoms with Crippen molar-refractivity contribution in [1.82, 2.24) is 0 Å². The van der Waals surface area contributed by atoms with Crippen LogP contribution >= 0.6 is 11.6 Å². The summed E-state index contributed by atoms with van der Waals surface area (Å²) in [5.74, 6) is 0. The van der Waals surface area contributed by atoms with Crippen LogP contribution in [-0.2, 0) is 0 Å². The molecule has 0 saturated heterocycles. The van der Waals surface area contributed by atoms with Crippen LogP contribution in [0, 0.1) is 0 Å². The smallest absolute Gasteiger partial charge is 0.0762 e. The van der Waals surface area contributed by atoms with Gasteiger partial charge < -0.3 is 10.0 Å². The summed E-state index contributed by atoms with van der Waals surface area (Å²) >= 11 is 6.28. The van der Waals surface area contributed by atoms with Gasteiger partial charge in [-0.1, -0.05) is 29.3 Å². The average molecular weight is 252 g/mol. The highest BCUT2D eigenvalue weighted by Gasteiger charge is 2.14. The average Bonchev–Trinajstić information content (AvgIpc) is 2.28. The van der Waals surface area contributed by atoms with Gasteiger partial charge in [-0.05, 0) is 38.0 Å². The molecule has 2 nitrogen and oxygen atoms in total. The van der Waals surface area contributed by atoms with E-state index in [1.807, 2.05) is 18.2 Å². The zero-order chi connectivity index (χ0) is 12.4. The molecule has 0 bridgehead atoms. The first-order valence-electron chi connectivity index (χ1n) is 5.96. The highest BCUT2D eigenvalue weighted by Crippen LogP contribution is 2.30. The summed E-state index contributed by atoms with van der Waals surface area (Å²) in [6.45, 7) is 5.84. The molecule has 1 N–H and O–H groups in total. The van der Waals surface area contributed by atoms with Gasteiger partial charge in [0.1, 0.15) is 0 Å². The van der Waals surface area contributed by atoms with Crippen LogP contribution in [0.3, 0.4) is 0 Å². The third-order valence-corrected chi connectivity index (χ3v) is 3.43. The highest BCUT2D eigenvalue weighted by atomic mass is 35.5. The van der Waals surface area contributed by atoms with Gasteiger partial charge in [0.15, 0.2) is 0 Å². The van der Waals surface area contributed by atoms with Crippen LogP contribution in [0.2, 0.25) is 5.02 Å². The number of rotatable bonds is 2. The molecule has 17 heavy (non-hydrogen) atoms. The standard InChI is InChI=1S/C14H18ClNO/c1-10-4-3-7-16(9-10)14-6-5-12(11(2)17)8-13(14)15/h4-6,8,11,17H,3,7,9H2,1-2H3/t11-/m0/s1. The molecule has 1 aromatic rings. The second kappa shape index (κ2) is 5.11. The Morgan fingerprint density at radius 3 is 2.76 bits per heavy atom. The van der Waals surface area contributed by atoms with Gasteiger partial charge in [0.05, 0.1) is 16.8 Å². The second-order valence-corrected chi connectivity index (χ2v) is 5.05. The van der Waals surface area contributed by atoms with Crippen molar-refractivity contribution in [3.8, 4) is 0 Å². The third kappa shape index (κ3) is 2.82. The lowest BCUT2D eigenvalue weighted by atomic mass is 10.1. The van der Waals surface area contributed by atoms with Crippen molar-refractivity contribution in [1.29, 1.82) is 0 Å². The Labute approximate surface area is 108 Å². The van der Waals surface area contributed by atoms with E-state index in [0.29, 0.717) is 0 Å². The van der Waals surface area contributed by atoms with Crippen LogP contribution in [0.15, 0.2) is 29.8 Å². The van der Waals surface area contributed by atoms with Crippen molar-refractivity contribution >= 4 is 17.3 Å². The lowest BCUT2D eigenvalue weighted by Crippen LogP contribution is -2.29. The van der Waals surface area contributed by atoms with Gasteiger partial charge in [0, 0.05) is 13.1 Å². The molecule has 2 rings (SSSR count). The maximum absolute atomic E-state index is 9.51. The zero-order valence-electron chi connectivity index (χ0n) is 10.3. The molecule has 0 saturated carbocycles. The Morgan fingerprint density at radius 1 is 1.41 bits per heavy atom. The Bertz CT molecular complexity index is 440. The molecule has 3 heteroatoms. The number of benzene rings is 1. The summed E-state index contributed by atoms with van der Waals surface area (Å²) in [5.41, 5.74) is 3.30. The predicted octanol–water partition coefficient (Wildman–Crippen LogP) is 3.55. The monoisotopic (exact) mass is 251 g/mol. The third-order valence-electron chi connectivity index (χ3n) is 3.13. The number of hydrogen-bond donors (Lipinski definition) is 1. The van der Waals surface area contributed by atoms with Gasteiger partial charge in [-0.25, -0.2) is 0 Å². The van der Waals surface area contributed by atoms with Crippen LogP contribution in [-0.4, -0.2) is 18.2 Å². The normalized spacial score (nSPS) is 17.9. The quantitative estimate of drug-likeness (QED) is 0.813. The van der Waals surface area contributed by atoms with Gasteiger partial charge in [-0.3, -0.25) is 0 Å². The Kier molecular flexibility index (Phi) is 3.75. The van der Waals surface area contributed by atoms with Crippen LogP contribution in [0.5, 0.6) is 0 Å². The van der Waals surface area contributed by atoms with E-state index in [1.54, 1.807) is 6.92 Å². The van der Waals surface area contributed by atoms with Crippen LogP contribution < -0.4 is 4.90 Å². The van der Waals surface area contributed by atoms with Crippen molar-refractivity contribution in [3.05, 3.63) is 40.4 Å². The molecule has 1 aliphatic rings. The molecule has 1 atom stereocenters. The molecular weight excluding hydrogens is 234 g/mol. The molecule has 1 aromatic carbocycles. The van der Waals surface area contributed by atoms with Crippen LogP contribution in [0.4, 0.5) is 5.69 Å². The summed E-state index contributed by atoms with van der Waals surface area (Å²) in [6, 6.07) is 5.80. The number of halogens is 1. The second-order valence-electron chi connectivity index (χ2n) is 4.65. The summed E-state index contributed by atoms with van der Waals surface area (Å²) < 4.78 is 0. The molecule has 0 fully saturated rings. The Morgan fingerprint density at radius 2 is 2.18 bits per heavy atom. The van der Waals surface area contributed by atoms with E-state index in [0.717, 1.165) is 35.8 Å². The molecule has 0 spiro atoms. The number of anilines is 1. The van der Waals surface area contributed by atoms with E-state index >= 15 is 0 Å². The molecule has 0 radical (unpaired) electrons. The van der Waals surface area contributed by atoms with Gasteiger partial charge in [-0.2, -0.15) is 0 Å². The Balaban J connectivity index is 2.25. The molecule has 0 unspecified atom stereocenters. The summed E-state index contributed by atoms with van der Waals surface area (Å²) in [4.78, 5) is 2.28. The minimum Gasteiger partial charge on any atom is -0.389 e. The maximum atomic E-state index is 9.51. The van der Waals surface area contributed by atoms with Gasteiger partial charge in [-0.15, -0.1) is 0 Å². The fourth-order valence-electron chi connectivity index (χ4n) is 2.16. The maximum Gasteiger partial charge on any atom is 0.0762 e.